The van der Waals surface area contributed by atoms with Crippen LogP contribution in [0.2, 0.25) is 0 Å². The van der Waals surface area contributed by atoms with E-state index in [1.54, 1.807) is 0 Å². The van der Waals surface area contributed by atoms with E-state index in [0.29, 0.717) is 0 Å². The molecule has 0 N–H and O–H groups in total. The number of hydrogen-bond donors (Lipinski definition) is 0. The number of nitro groups is 2. The van der Waals surface area contributed by atoms with Gasteiger partial charge in [-0.2, -0.15) is 0 Å². The highest BCUT2D eigenvalue weighted by Crippen LogP contribution is 2.31. The highest BCUT2D eigenvalue weighted by molar-refractivity contribution is 5.57. The van der Waals surface area contributed by atoms with Gasteiger partial charge in [0, 0.05) is 12.1 Å². The van der Waals surface area contributed by atoms with E-state index in [-0.39, 0.29) is 0 Å². The van der Waals surface area contributed by atoms with E-state index in [9.17, 15) is 25.3 Å². The molecular formula is C22H39N3O5. The minimum Gasteiger partial charge on any atom is -0.863 e. The summed E-state index contributed by atoms with van der Waals surface area (Å²) >= 11 is 0. The maximum atomic E-state index is 11.0. The molecule has 0 spiro atoms. The summed E-state index contributed by atoms with van der Waals surface area (Å²) in [6.07, 6.45) is 11.1. The van der Waals surface area contributed by atoms with E-state index < -0.39 is 27.0 Å². The number of nitro benzene ring substituents is 2. The van der Waals surface area contributed by atoms with Crippen molar-refractivity contribution < 1.29 is 19.4 Å². The van der Waals surface area contributed by atoms with E-state index in [0.717, 1.165) is 18.2 Å². The van der Waals surface area contributed by atoms with E-state index in [4.69, 9.17) is 0 Å². The van der Waals surface area contributed by atoms with Gasteiger partial charge in [0.1, 0.15) is 0 Å². The van der Waals surface area contributed by atoms with Gasteiger partial charge in [0.25, 0.3) is 11.4 Å². The monoisotopic (exact) mass is 425 g/mol. The molecule has 1 aromatic rings. The summed E-state index contributed by atoms with van der Waals surface area (Å²) in [5, 5.41) is 31.3. The molecule has 1 rings (SSSR count). The predicted octanol–water partition coefficient (Wildman–Crippen LogP) is 5.58. The fourth-order valence-corrected chi connectivity index (χ4v) is 3.45. The van der Waals surface area contributed by atoms with Crippen LogP contribution >= 0.6 is 0 Å². The maximum Gasteiger partial charge on any atom is 0.268 e. The Hall–Kier alpha value is -2.22. The van der Waals surface area contributed by atoms with E-state index >= 15 is 0 Å². The molecular weight excluding hydrogens is 386 g/mol. The van der Waals surface area contributed by atoms with Crippen molar-refractivity contribution in [1.82, 2.24) is 0 Å². The Bertz CT molecular complexity index is 567. The van der Waals surface area contributed by atoms with Gasteiger partial charge in [-0.05, 0) is 31.7 Å². The summed E-state index contributed by atoms with van der Waals surface area (Å²) in [5.74, 6) is -1.17. The van der Waals surface area contributed by atoms with E-state index in [1.807, 2.05) is 0 Å². The first kappa shape index (κ1) is 27.8. The average Bonchev–Trinajstić information content (AvgIpc) is 2.73. The van der Waals surface area contributed by atoms with Crippen LogP contribution in [-0.2, 0) is 0 Å². The van der Waals surface area contributed by atoms with Crippen molar-refractivity contribution in [3.8, 4) is 5.75 Å². The van der Waals surface area contributed by atoms with Crippen molar-refractivity contribution >= 4 is 11.4 Å². The number of hydrogen-bond acceptors (Lipinski definition) is 5. The van der Waals surface area contributed by atoms with Crippen molar-refractivity contribution in [3.05, 3.63) is 38.4 Å². The number of benzene rings is 1. The van der Waals surface area contributed by atoms with Crippen LogP contribution < -0.4 is 5.11 Å². The third-order valence-electron chi connectivity index (χ3n) is 5.31. The van der Waals surface area contributed by atoms with Gasteiger partial charge in [0.05, 0.1) is 41.8 Å². The third kappa shape index (κ3) is 10.0. The Kier molecular flexibility index (Phi) is 14.4. The van der Waals surface area contributed by atoms with Crippen molar-refractivity contribution in [3.63, 3.8) is 0 Å². The molecule has 0 amide bonds. The molecule has 0 radical (unpaired) electrons. The molecule has 0 atom stereocenters. The van der Waals surface area contributed by atoms with Gasteiger partial charge in [0.2, 0.25) is 0 Å². The third-order valence-corrected chi connectivity index (χ3v) is 5.31. The van der Waals surface area contributed by atoms with Crippen LogP contribution in [0, 0.1) is 20.2 Å². The van der Waals surface area contributed by atoms with Gasteiger partial charge in [-0.1, -0.05) is 53.4 Å². The number of unbranched alkanes of at least 4 members (excludes halogenated alkanes) is 4. The quantitative estimate of drug-likeness (QED) is 0.219. The largest absolute Gasteiger partial charge is 0.863 e. The lowest BCUT2D eigenvalue weighted by atomic mass is 10.1. The maximum absolute atomic E-state index is 11.0. The molecule has 0 bridgehead atoms. The van der Waals surface area contributed by atoms with Crippen LogP contribution in [0.5, 0.6) is 5.75 Å². The zero-order valence-corrected chi connectivity index (χ0v) is 19.1. The average molecular weight is 426 g/mol. The van der Waals surface area contributed by atoms with Gasteiger partial charge in [-0.25, -0.2) is 0 Å². The lowest BCUT2D eigenvalue weighted by Crippen LogP contribution is -2.50. The summed E-state index contributed by atoms with van der Waals surface area (Å²) in [4.78, 5) is 18.5. The predicted molar refractivity (Wildman–Crippen MR) is 119 cm³/mol. The molecule has 8 heteroatoms. The van der Waals surface area contributed by atoms with Crippen LogP contribution in [0.15, 0.2) is 18.2 Å². The molecule has 0 saturated heterocycles. The standard InChI is InChI=1S/C16H36N.C6H4N2O5/c1-5-9-13-17(14-10-6-2,15-11-7-3)16-12-8-4;9-6-4(7(10)11)2-1-3-5(6)8(12)13/h5-16H2,1-4H3;1-3,9H/q+1;/p-1. The van der Waals surface area contributed by atoms with Crippen molar-refractivity contribution in [2.75, 3.05) is 26.2 Å². The summed E-state index contributed by atoms with van der Waals surface area (Å²) in [5.41, 5.74) is -1.57. The number of nitrogens with zero attached hydrogens (tertiary/aromatic N) is 3. The van der Waals surface area contributed by atoms with Crippen molar-refractivity contribution in [2.45, 2.75) is 79.1 Å². The number of rotatable bonds is 14. The normalized spacial score (nSPS) is 10.9. The Labute approximate surface area is 180 Å². The van der Waals surface area contributed by atoms with Crippen LogP contribution in [0.3, 0.4) is 0 Å². The van der Waals surface area contributed by atoms with E-state index in [1.165, 1.54) is 82.0 Å². The number of para-hydroxylation sites is 1. The Balaban J connectivity index is 0.000000579. The van der Waals surface area contributed by atoms with Crippen LogP contribution in [-0.4, -0.2) is 40.5 Å². The van der Waals surface area contributed by atoms with Crippen molar-refractivity contribution in [2.24, 2.45) is 0 Å². The van der Waals surface area contributed by atoms with Gasteiger partial charge >= 0.3 is 0 Å². The summed E-state index contributed by atoms with van der Waals surface area (Å²) in [6, 6.07) is 2.95. The van der Waals surface area contributed by atoms with Crippen LogP contribution in [0.1, 0.15) is 79.1 Å². The van der Waals surface area contributed by atoms with Gasteiger partial charge in [0.15, 0.2) is 0 Å². The molecule has 0 aliphatic carbocycles. The fourth-order valence-electron chi connectivity index (χ4n) is 3.45. The lowest BCUT2D eigenvalue weighted by molar-refractivity contribution is -0.929. The Morgan fingerprint density at radius 1 is 0.700 bits per heavy atom. The van der Waals surface area contributed by atoms with Crippen molar-refractivity contribution in [1.29, 1.82) is 0 Å². The molecule has 0 aromatic heterocycles. The van der Waals surface area contributed by atoms with Gasteiger partial charge < -0.3 is 9.59 Å². The molecule has 30 heavy (non-hydrogen) atoms. The Morgan fingerprint density at radius 3 is 1.23 bits per heavy atom. The summed E-state index contributed by atoms with van der Waals surface area (Å²) < 4.78 is 1.42. The highest BCUT2D eigenvalue weighted by atomic mass is 16.6. The first-order valence-electron chi connectivity index (χ1n) is 11.2. The summed E-state index contributed by atoms with van der Waals surface area (Å²) in [7, 11) is 0. The van der Waals surface area contributed by atoms with E-state index in [2.05, 4.69) is 27.7 Å². The fraction of sp³-hybridized carbons (Fsp3) is 0.727. The molecule has 0 heterocycles. The second-order valence-electron chi connectivity index (χ2n) is 7.79. The molecule has 172 valence electrons. The zero-order chi connectivity index (χ0) is 23.0. The van der Waals surface area contributed by atoms with Crippen LogP contribution in [0.4, 0.5) is 11.4 Å². The minimum atomic E-state index is -1.17. The zero-order valence-electron chi connectivity index (χ0n) is 19.1. The SMILES string of the molecule is CCCC[N+](CCCC)(CCCC)CCCC.O=[N+]([O-])c1cccc([N+](=O)[O-])c1[O-]. The van der Waals surface area contributed by atoms with Gasteiger partial charge in [-0.3, -0.25) is 20.2 Å². The molecule has 0 aliphatic rings. The molecule has 0 unspecified atom stereocenters. The molecule has 1 aromatic carbocycles. The molecule has 0 aliphatic heterocycles. The molecule has 8 nitrogen and oxygen atoms in total. The minimum absolute atomic E-state index is 0.783. The number of quaternary nitrogens is 1. The first-order valence-corrected chi connectivity index (χ1v) is 11.2. The first-order chi connectivity index (χ1) is 14.3. The smallest absolute Gasteiger partial charge is 0.268 e. The Morgan fingerprint density at radius 2 is 1.00 bits per heavy atom. The topological polar surface area (TPSA) is 109 Å². The lowest BCUT2D eigenvalue weighted by Gasteiger charge is -2.39. The van der Waals surface area contributed by atoms with Gasteiger partial charge in [-0.15, -0.1) is 0 Å². The second kappa shape index (κ2) is 15.6. The molecule has 0 fully saturated rings. The highest BCUT2D eigenvalue weighted by Gasteiger charge is 2.24. The van der Waals surface area contributed by atoms with Crippen LogP contribution in [0.25, 0.3) is 0 Å². The molecule has 0 saturated carbocycles. The summed E-state index contributed by atoms with van der Waals surface area (Å²) in [6.45, 7) is 15.0. The second-order valence-corrected chi connectivity index (χ2v) is 7.79.